The minimum absolute atomic E-state index is 0.192. The van der Waals surface area contributed by atoms with E-state index in [1.54, 1.807) is 0 Å². The molecule has 0 radical (unpaired) electrons. The largest absolute Gasteiger partial charge is 0.284 e. The lowest BCUT2D eigenvalue weighted by Gasteiger charge is -2.25. The van der Waals surface area contributed by atoms with Crippen LogP contribution in [0.2, 0.25) is 0 Å². The normalized spacial score (nSPS) is 19.0. The van der Waals surface area contributed by atoms with E-state index in [2.05, 4.69) is 50.5 Å². The van der Waals surface area contributed by atoms with Crippen LogP contribution in [0.5, 0.6) is 0 Å². The second-order valence-corrected chi connectivity index (χ2v) is 5.14. The molecule has 0 aromatic heterocycles. The molecule has 0 aliphatic carbocycles. The Balaban J connectivity index is 2.45. The molecule has 0 saturated carbocycles. The fourth-order valence-electron chi connectivity index (χ4n) is 2.01. The molecule has 0 amide bonds. The Hall–Kier alpha value is -1.37. The maximum Gasteiger partial charge on any atom is 0.0803 e. The van der Waals surface area contributed by atoms with E-state index < -0.39 is 0 Å². The third-order valence-electron chi connectivity index (χ3n) is 2.82. The van der Waals surface area contributed by atoms with Crippen molar-refractivity contribution in [2.75, 3.05) is 0 Å². The average molecular weight is 199 g/mol. The fraction of sp³-hybridized carbons (Fsp3) is 0.357. The van der Waals surface area contributed by atoms with Crippen molar-refractivity contribution >= 4 is 12.3 Å². The summed E-state index contributed by atoms with van der Waals surface area (Å²) in [5.41, 5.74) is 3.94. The van der Waals surface area contributed by atoms with Crippen LogP contribution in [0.15, 0.2) is 29.8 Å². The zero-order chi connectivity index (χ0) is 11.1. The highest BCUT2D eigenvalue weighted by molar-refractivity contribution is 5.86. The number of rotatable bonds is 1. The third kappa shape index (κ3) is 1.74. The molecule has 2 rings (SSSR count). The molecule has 1 heterocycles. The highest BCUT2D eigenvalue weighted by atomic mass is 14.8. The molecule has 78 valence electrons. The van der Waals surface area contributed by atoms with Crippen molar-refractivity contribution in [1.82, 2.24) is 0 Å². The zero-order valence-electron chi connectivity index (χ0n) is 9.62. The summed E-state index contributed by atoms with van der Waals surface area (Å²) >= 11 is 0. The molecule has 1 nitrogen and oxygen atoms in total. The van der Waals surface area contributed by atoms with E-state index in [0.29, 0.717) is 6.04 Å². The number of benzene rings is 1. The van der Waals surface area contributed by atoms with E-state index >= 15 is 0 Å². The van der Waals surface area contributed by atoms with E-state index in [1.807, 2.05) is 12.3 Å². The van der Waals surface area contributed by atoms with Crippen LogP contribution in [0.25, 0.3) is 6.08 Å². The summed E-state index contributed by atoms with van der Waals surface area (Å²) in [4.78, 5) is 4.59. The van der Waals surface area contributed by atoms with Crippen LogP contribution in [0.1, 0.15) is 43.5 Å². The first kappa shape index (κ1) is 10.2. The summed E-state index contributed by atoms with van der Waals surface area (Å²) in [6.45, 7) is 10.5. The van der Waals surface area contributed by atoms with Gasteiger partial charge in [-0.05, 0) is 28.2 Å². The summed E-state index contributed by atoms with van der Waals surface area (Å²) in [7, 11) is 0. The van der Waals surface area contributed by atoms with E-state index in [4.69, 9.17) is 0 Å². The fourth-order valence-corrected chi connectivity index (χ4v) is 2.01. The molecule has 0 spiro atoms. The first-order valence-corrected chi connectivity index (χ1v) is 5.32. The highest BCUT2D eigenvalue weighted by Gasteiger charge is 2.29. The smallest absolute Gasteiger partial charge is 0.0803 e. The Morgan fingerprint density at radius 1 is 1.33 bits per heavy atom. The van der Waals surface area contributed by atoms with Gasteiger partial charge in [-0.15, -0.1) is 0 Å². The number of hydrogen-bond acceptors (Lipinski definition) is 1. The van der Waals surface area contributed by atoms with Gasteiger partial charge in [-0.3, -0.25) is 4.99 Å². The van der Waals surface area contributed by atoms with Crippen LogP contribution in [-0.4, -0.2) is 6.21 Å². The summed E-state index contributed by atoms with van der Waals surface area (Å²) < 4.78 is 0. The van der Waals surface area contributed by atoms with Gasteiger partial charge in [0.05, 0.1) is 6.04 Å². The minimum atomic E-state index is 0.192. The van der Waals surface area contributed by atoms with Crippen molar-refractivity contribution in [3.63, 3.8) is 0 Å². The maximum absolute atomic E-state index is 4.59. The van der Waals surface area contributed by atoms with E-state index in [9.17, 15) is 0 Å². The number of nitrogens with zero attached hydrogens (tertiary/aromatic N) is 1. The first-order chi connectivity index (χ1) is 7.02. The second kappa shape index (κ2) is 3.34. The van der Waals surface area contributed by atoms with Gasteiger partial charge in [-0.2, -0.15) is 0 Å². The topological polar surface area (TPSA) is 12.4 Å². The van der Waals surface area contributed by atoms with Crippen LogP contribution in [0, 0.1) is 5.41 Å². The van der Waals surface area contributed by atoms with Gasteiger partial charge in [0.1, 0.15) is 0 Å². The Bertz CT molecular complexity index is 421. The zero-order valence-corrected chi connectivity index (χ0v) is 9.62. The Morgan fingerprint density at radius 2 is 2.07 bits per heavy atom. The van der Waals surface area contributed by atoms with Crippen LogP contribution >= 0.6 is 0 Å². The van der Waals surface area contributed by atoms with Crippen molar-refractivity contribution in [1.29, 1.82) is 0 Å². The molecule has 0 fully saturated rings. The van der Waals surface area contributed by atoms with Crippen LogP contribution in [0.3, 0.4) is 0 Å². The highest BCUT2D eigenvalue weighted by Crippen LogP contribution is 2.40. The summed E-state index contributed by atoms with van der Waals surface area (Å²) in [6, 6.07) is 6.73. The lowest BCUT2D eigenvalue weighted by molar-refractivity contribution is 0.333. The predicted octanol–water partition coefficient (Wildman–Crippen LogP) is 3.85. The molecule has 1 aromatic carbocycles. The molecule has 1 atom stereocenters. The summed E-state index contributed by atoms with van der Waals surface area (Å²) in [5, 5.41) is 0. The Labute approximate surface area is 91.6 Å². The van der Waals surface area contributed by atoms with Gasteiger partial charge < -0.3 is 0 Å². The lowest BCUT2D eigenvalue weighted by atomic mass is 9.82. The molecular weight excluding hydrogens is 182 g/mol. The molecule has 0 bridgehead atoms. The summed E-state index contributed by atoms with van der Waals surface area (Å²) in [6.07, 6.45) is 3.86. The number of fused-ring (bicyclic) bond motifs is 1. The van der Waals surface area contributed by atoms with Crippen LogP contribution in [-0.2, 0) is 0 Å². The van der Waals surface area contributed by atoms with E-state index in [1.165, 1.54) is 11.1 Å². The van der Waals surface area contributed by atoms with Gasteiger partial charge in [0.25, 0.3) is 0 Å². The first-order valence-electron chi connectivity index (χ1n) is 5.32. The standard InChI is InChI=1S/C14H17N/c1-5-10-6-7-12-11(8-10)9-15-13(12)14(2,3)4/h5-9,13H,1H2,2-4H3. The van der Waals surface area contributed by atoms with E-state index in [0.717, 1.165) is 5.56 Å². The molecule has 1 aliphatic rings. The van der Waals surface area contributed by atoms with Crippen molar-refractivity contribution < 1.29 is 0 Å². The third-order valence-corrected chi connectivity index (χ3v) is 2.82. The SMILES string of the molecule is C=Cc1ccc2c(c1)C=NC2C(C)(C)C. The second-order valence-electron chi connectivity index (χ2n) is 5.14. The van der Waals surface area contributed by atoms with Crippen LogP contribution < -0.4 is 0 Å². The quantitative estimate of drug-likeness (QED) is 0.651. The molecule has 1 aromatic rings. The van der Waals surface area contributed by atoms with E-state index in [-0.39, 0.29) is 5.41 Å². The molecule has 1 unspecified atom stereocenters. The van der Waals surface area contributed by atoms with Crippen molar-refractivity contribution in [2.24, 2.45) is 10.4 Å². The molecule has 1 aliphatic heterocycles. The predicted molar refractivity (Wildman–Crippen MR) is 66.3 cm³/mol. The van der Waals surface area contributed by atoms with Gasteiger partial charge in [-0.1, -0.05) is 45.6 Å². The number of hydrogen-bond donors (Lipinski definition) is 0. The Kier molecular flexibility index (Phi) is 2.26. The van der Waals surface area contributed by atoms with Crippen molar-refractivity contribution in [3.05, 3.63) is 41.5 Å². The van der Waals surface area contributed by atoms with Gasteiger partial charge in [0.2, 0.25) is 0 Å². The average Bonchev–Trinajstić information content (AvgIpc) is 2.59. The van der Waals surface area contributed by atoms with Crippen molar-refractivity contribution in [2.45, 2.75) is 26.8 Å². The van der Waals surface area contributed by atoms with Gasteiger partial charge in [0, 0.05) is 6.21 Å². The molecule has 1 heteroatoms. The van der Waals surface area contributed by atoms with Crippen molar-refractivity contribution in [3.8, 4) is 0 Å². The van der Waals surface area contributed by atoms with Gasteiger partial charge in [0.15, 0.2) is 0 Å². The van der Waals surface area contributed by atoms with Gasteiger partial charge in [-0.25, -0.2) is 0 Å². The molecule has 0 N–H and O–H groups in total. The molecule has 15 heavy (non-hydrogen) atoms. The molecule has 0 saturated heterocycles. The molecular formula is C14H17N. The summed E-state index contributed by atoms with van der Waals surface area (Å²) in [5.74, 6) is 0. The lowest BCUT2D eigenvalue weighted by Crippen LogP contribution is -2.14. The number of aliphatic imine (C=N–C) groups is 1. The minimum Gasteiger partial charge on any atom is -0.284 e. The Morgan fingerprint density at radius 3 is 2.67 bits per heavy atom. The maximum atomic E-state index is 4.59. The monoisotopic (exact) mass is 199 g/mol. The van der Waals surface area contributed by atoms with Gasteiger partial charge >= 0.3 is 0 Å². The van der Waals surface area contributed by atoms with Crippen LogP contribution in [0.4, 0.5) is 0 Å².